The fourth-order valence-electron chi connectivity index (χ4n) is 4.86. The molecule has 4 rings (SSSR count). The Morgan fingerprint density at radius 1 is 1.27 bits per heavy atom. The maximum absolute atomic E-state index is 13.6. The molecule has 30 heavy (non-hydrogen) atoms. The van der Waals surface area contributed by atoms with Gasteiger partial charge in [-0.15, -0.1) is 0 Å². The zero-order chi connectivity index (χ0) is 22.0. The molecule has 3 nitrogen and oxygen atoms in total. The average molecular weight is 418 g/mol. The van der Waals surface area contributed by atoms with Gasteiger partial charge in [0.2, 0.25) is 0 Å². The van der Waals surface area contributed by atoms with Crippen LogP contribution in [0.15, 0.2) is 30.4 Å². The van der Waals surface area contributed by atoms with Gasteiger partial charge in [-0.3, -0.25) is 0 Å². The lowest BCUT2D eigenvalue weighted by Crippen LogP contribution is -2.48. The van der Waals surface area contributed by atoms with E-state index in [1.54, 1.807) is 12.1 Å². The molecule has 1 aromatic carbocycles. The van der Waals surface area contributed by atoms with E-state index in [0.717, 1.165) is 56.6 Å². The predicted molar refractivity (Wildman–Crippen MR) is 123 cm³/mol. The highest BCUT2D eigenvalue weighted by Gasteiger charge is 2.44. The molecule has 0 aromatic heterocycles. The Labute approximate surface area is 182 Å². The minimum atomic E-state index is -0.144. The van der Waals surface area contributed by atoms with E-state index in [2.05, 4.69) is 25.3 Å². The number of likely N-dealkylation sites (tertiary alicyclic amines) is 1. The van der Waals surface area contributed by atoms with Gasteiger partial charge in [0.25, 0.3) is 0 Å². The van der Waals surface area contributed by atoms with Crippen LogP contribution < -0.4 is 4.74 Å². The van der Waals surface area contributed by atoms with Crippen LogP contribution in [0.1, 0.15) is 84.1 Å². The zero-order valence-corrected chi connectivity index (χ0v) is 19.2. The van der Waals surface area contributed by atoms with Crippen molar-refractivity contribution >= 4 is 6.29 Å². The van der Waals surface area contributed by atoms with E-state index < -0.39 is 0 Å². The normalized spacial score (nSPS) is 22.1. The number of halogens is 1. The highest BCUT2D eigenvalue weighted by molar-refractivity contribution is 5.44. The first-order chi connectivity index (χ1) is 14.5. The lowest BCUT2D eigenvalue weighted by atomic mass is 9.73. The Kier molecular flexibility index (Phi) is 10.0. The number of benzene rings is 1. The molecule has 1 spiro atoms. The summed E-state index contributed by atoms with van der Waals surface area (Å²) in [4.78, 5) is 11.4. The molecule has 1 saturated heterocycles. The summed E-state index contributed by atoms with van der Waals surface area (Å²) < 4.78 is 19.5. The maximum atomic E-state index is 13.6. The summed E-state index contributed by atoms with van der Waals surface area (Å²) in [5.41, 5.74) is 2.55. The molecule has 1 unspecified atom stereocenters. The molecule has 168 valence electrons. The first kappa shape index (κ1) is 24.6. The molecule has 0 bridgehead atoms. The number of carbonyl (C=O) groups is 1. The molecule has 1 saturated carbocycles. The Morgan fingerprint density at radius 2 is 1.93 bits per heavy atom. The molecule has 1 aromatic rings. The van der Waals surface area contributed by atoms with Crippen LogP contribution in [0.25, 0.3) is 0 Å². The average Bonchev–Trinajstić information content (AvgIpc) is 3.08. The smallest absolute Gasteiger partial charge is 0.123 e. The third-order valence-corrected chi connectivity index (χ3v) is 6.59. The summed E-state index contributed by atoms with van der Waals surface area (Å²) in [6, 6.07) is 5.66. The number of hydrogen-bond acceptors (Lipinski definition) is 3. The SMILES string of the molecule is C=C1CCCC(N2CCC3(CC2)COc2ccc(F)cc23)C1.CC=O.CCCCC. The first-order valence-corrected chi connectivity index (χ1v) is 11.7. The first-order valence-electron chi connectivity index (χ1n) is 11.7. The van der Waals surface area contributed by atoms with Crippen molar-refractivity contribution in [3.05, 3.63) is 41.7 Å². The van der Waals surface area contributed by atoms with E-state index in [0.29, 0.717) is 6.04 Å². The van der Waals surface area contributed by atoms with Crippen LogP contribution in [0.4, 0.5) is 4.39 Å². The number of unbranched alkanes of at least 4 members (excludes halogenated alkanes) is 2. The van der Waals surface area contributed by atoms with Crippen LogP contribution in [0, 0.1) is 5.82 Å². The highest BCUT2D eigenvalue weighted by Crippen LogP contribution is 2.46. The number of nitrogens with zero attached hydrogens (tertiary/aromatic N) is 1. The second-order valence-electron chi connectivity index (χ2n) is 8.83. The molecule has 1 atom stereocenters. The molecule has 2 fully saturated rings. The van der Waals surface area contributed by atoms with E-state index in [9.17, 15) is 4.39 Å². The van der Waals surface area contributed by atoms with Gasteiger partial charge >= 0.3 is 0 Å². The summed E-state index contributed by atoms with van der Waals surface area (Å²) >= 11 is 0. The lowest BCUT2D eigenvalue weighted by molar-refractivity contribution is -0.106. The van der Waals surface area contributed by atoms with Gasteiger partial charge in [-0.2, -0.15) is 0 Å². The van der Waals surface area contributed by atoms with Gasteiger partial charge in [-0.05, 0) is 76.7 Å². The Balaban J connectivity index is 0.000000347. The van der Waals surface area contributed by atoms with Crippen molar-refractivity contribution in [1.82, 2.24) is 4.90 Å². The molecule has 3 aliphatic rings. The van der Waals surface area contributed by atoms with Crippen LogP contribution in [0.2, 0.25) is 0 Å². The fourth-order valence-corrected chi connectivity index (χ4v) is 4.86. The van der Waals surface area contributed by atoms with Crippen molar-refractivity contribution in [2.24, 2.45) is 0 Å². The van der Waals surface area contributed by atoms with E-state index in [1.807, 2.05) is 0 Å². The number of aldehydes is 1. The summed E-state index contributed by atoms with van der Waals surface area (Å²) in [5, 5.41) is 0. The molecule has 0 N–H and O–H groups in total. The van der Waals surface area contributed by atoms with Gasteiger partial charge < -0.3 is 14.4 Å². The Morgan fingerprint density at radius 3 is 2.50 bits per heavy atom. The number of fused-ring (bicyclic) bond motifs is 2. The minimum Gasteiger partial charge on any atom is -0.492 e. The quantitative estimate of drug-likeness (QED) is 0.418. The van der Waals surface area contributed by atoms with Gasteiger partial charge in [0.1, 0.15) is 17.9 Å². The Hall–Kier alpha value is -1.68. The van der Waals surface area contributed by atoms with Crippen LogP contribution >= 0.6 is 0 Å². The van der Waals surface area contributed by atoms with Gasteiger partial charge in [-0.25, -0.2) is 4.39 Å². The van der Waals surface area contributed by atoms with E-state index in [1.165, 1.54) is 57.1 Å². The molecule has 0 amide bonds. The van der Waals surface area contributed by atoms with Crippen molar-refractivity contribution in [3.63, 3.8) is 0 Å². The van der Waals surface area contributed by atoms with Crippen LogP contribution in [-0.2, 0) is 10.2 Å². The van der Waals surface area contributed by atoms with Crippen molar-refractivity contribution in [2.45, 2.75) is 90.0 Å². The highest BCUT2D eigenvalue weighted by atomic mass is 19.1. The Bertz CT molecular complexity index is 678. The summed E-state index contributed by atoms with van der Waals surface area (Å²) in [5.74, 6) is 0.746. The van der Waals surface area contributed by atoms with Crippen molar-refractivity contribution in [3.8, 4) is 5.75 Å². The maximum Gasteiger partial charge on any atom is 0.123 e. The second-order valence-corrected chi connectivity index (χ2v) is 8.83. The third-order valence-electron chi connectivity index (χ3n) is 6.59. The standard InChI is InChI=1S/C19H24FNO.C5H12.C2H4O/c1-14-3-2-4-16(11-14)21-9-7-19(8-10-21)13-22-18-6-5-15(20)12-17(18)19;1-3-5-4-2;1-2-3/h5-6,12,16H,1-4,7-11,13H2;3-5H2,1-2H3;2H,1H3. The largest absolute Gasteiger partial charge is 0.492 e. The number of rotatable bonds is 3. The number of ether oxygens (including phenoxy) is 1. The molecule has 2 aliphatic heterocycles. The van der Waals surface area contributed by atoms with Gasteiger partial charge in [0.05, 0.1) is 6.61 Å². The predicted octanol–water partition coefficient (Wildman–Crippen LogP) is 6.45. The fraction of sp³-hybridized carbons (Fsp3) is 0.654. The lowest BCUT2D eigenvalue weighted by Gasteiger charge is -2.43. The summed E-state index contributed by atoms with van der Waals surface area (Å²) in [6.45, 7) is 13.0. The third kappa shape index (κ3) is 6.41. The monoisotopic (exact) mass is 417 g/mol. The van der Waals surface area contributed by atoms with Crippen molar-refractivity contribution in [2.75, 3.05) is 19.7 Å². The minimum absolute atomic E-state index is 0.0413. The van der Waals surface area contributed by atoms with Crippen LogP contribution in [0.3, 0.4) is 0 Å². The molecular formula is C26H40FNO2. The molecule has 1 aliphatic carbocycles. The molecular weight excluding hydrogens is 377 g/mol. The van der Waals surface area contributed by atoms with Gasteiger partial charge in [0.15, 0.2) is 0 Å². The van der Waals surface area contributed by atoms with Gasteiger partial charge in [-0.1, -0.05) is 45.3 Å². The second kappa shape index (κ2) is 12.2. The zero-order valence-electron chi connectivity index (χ0n) is 19.2. The van der Waals surface area contributed by atoms with E-state index in [-0.39, 0.29) is 11.2 Å². The molecule has 0 radical (unpaired) electrons. The number of carbonyl (C=O) groups excluding carboxylic acids is 1. The number of hydrogen-bond donors (Lipinski definition) is 0. The van der Waals surface area contributed by atoms with Crippen LogP contribution in [0.5, 0.6) is 5.75 Å². The topological polar surface area (TPSA) is 29.5 Å². The van der Waals surface area contributed by atoms with Crippen molar-refractivity contribution < 1.29 is 13.9 Å². The number of piperidine rings is 1. The van der Waals surface area contributed by atoms with Crippen LogP contribution in [-0.4, -0.2) is 36.9 Å². The summed E-state index contributed by atoms with van der Waals surface area (Å²) in [6.07, 6.45) is 11.9. The van der Waals surface area contributed by atoms with Gasteiger partial charge in [0, 0.05) is 17.0 Å². The molecule has 4 heteroatoms. The van der Waals surface area contributed by atoms with Crippen molar-refractivity contribution in [1.29, 1.82) is 0 Å². The van der Waals surface area contributed by atoms with E-state index >= 15 is 0 Å². The molecule has 2 heterocycles. The summed E-state index contributed by atoms with van der Waals surface area (Å²) in [7, 11) is 0. The van der Waals surface area contributed by atoms with E-state index in [4.69, 9.17) is 9.53 Å².